The summed E-state index contributed by atoms with van der Waals surface area (Å²) >= 11 is 0. The Hall–Kier alpha value is -2.91. The van der Waals surface area contributed by atoms with Gasteiger partial charge in [-0.3, -0.25) is 9.69 Å². The third kappa shape index (κ3) is 4.03. The summed E-state index contributed by atoms with van der Waals surface area (Å²) in [6.45, 7) is 2.72. The number of carbonyl (C=O) groups is 2. The first-order valence-electron chi connectivity index (χ1n) is 10.1. The fourth-order valence-electron chi connectivity index (χ4n) is 4.19. The average molecular weight is 444 g/mol. The van der Waals surface area contributed by atoms with Gasteiger partial charge in [0.25, 0.3) is 5.91 Å². The molecule has 1 fully saturated rings. The smallest absolute Gasteiger partial charge is 0.319 e. The SMILES string of the molecule is C[C@H]1CN(C(=O)C2CCCO2)c2cc(-c3ccc(S(C)(=O)=O)cc3)ccc2N1C(N)=O. The van der Waals surface area contributed by atoms with Gasteiger partial charge in [0.2, 0.25) is 0 Å². The number of benzene rings is 2. The van der Waals surface area contributed by atoms with Gasteiger partial charge in [-0.2, -0.15) is 0 Å². The summed E-state index contributed by atoms with van der Waals surface area (Å²) in [5.41, 5.74) is 8.36. The Morgan fingerprint density at radius 1 is 1.06 bits per heavy atom. The maximum Gasteiger partial charge on any atom is 0.319 e. The molecule has 0 spiro atoms. The van der Waals surface area contributed by atoms with Gasteiger partial charge < -0.3 is 15.4 Å². The van der Waals surface area contributed by atoms with Crippen LogP contribution in [0.3, 0.4) is 0 Å². The van der Waals surface area contributed by atoms with E-state index in [1.165, 1.54) is 4.90 Å². The molecule has 2 aliphatic heterocycles. The van der Waals surface area contributed by atoms with E-state index in [1.54, 1.807) is 35.2 Å². The molecule has 2 aliphatic rings. The second-order valence-corrected chi connectivity index (χ2v) is 10.0. The van der Waals surface area contributed by atoms with Crippen molar-refractivity contribution < 1.29 is 22.7 Å². The molecule has 0 saturated carbocycles. The van der Waals surface area contributed by atoms with Gasteiger partial charge in [-0.15, -0.1) is 0 Å². The molecule has 0 aromatic heterocycles. The van der Waals surface area contributed by atoms with E-state index in [0.717, 1.165) is 23.8 Å². The highest BCUT2D eigenvalue weighted by Gasteiger charge is 2.37. The van der Waals surface area contributed by atoms with Crippen LogP contribution in [0.5, 0.6) is 0 Å². The van der Waals surface area contributed by atoms with Crippen LogP contribution in [0.4, 0.5) is 16.2 Å². The van der Waals surface area contributed by atoms with E-state index in [1.807, 2.05) is 19.1 Å². The molecule has 2 N–H and O–H groups in total. The molecule has 0 radical (unpaired) electrons. The molecule has 0 bridgehead atoms. The predicted molar refractivity (Wildman–Crippen MR) is 118 cm³/mol. The van der Waals surface area contributed by atoms with Crippen LogP contribution in [0.2, 0.25) is 0 Å². The van der Waals surface area contributed by atoms with Crippen LogP contribution >= 0.6 is 0 Å². The molecular formula is C22H25N3O5S. The van der Waals surface area contributed by atoms with E-state index in [4.69, 9.17) is 10.5 Å². The van der Waals surface area contributed by atoms with Crippen LogP contribution in [0.1, 0.15) is 19.8 Å². The zero-order valence-electron chi connectivity index (χ0n) is 17.4. The van der Waals surface area contributed by atoms with Crippen molar-refractivity contribution in [2.75, 3.05) is 29.2 Å². The topological polar surface area (TPSA) is 110 Å². The number of urea groups is 1. The average Bonchev–Trinajstić information content (AvgIpc) is 3.26. The largest absolute Gasteiger partial charge is 0.368 e. The fourth-order valence-corrected chi connectivity index (χ4v) is 4.82. The van der Waals surface area contributed by atoms with Gasteiger partial charge >= 0.3 is 6.03 Å². The Morgan fingerprint density at radius 3 is 2.32 bits per heavy atom. The van der Waals surface area contributed by atoms with E-state index >= 15 is 0 Å². The summed E-state index contributed by atoms with van der Waals surface area (Å²) in [5.74, 6) is -0.126. The zero-order valence-corrected chi connectivity index (χ0v) is 18.3. The summed E-state index contributed by atoms with van der Waals surface area (Å²) in [4.78, 5) is 28.7. The summed E-state index contributed by atoms with van der Waals surface area (Å²) in [6.07, 6.45) is 2.19. The van der Waals surface area contributed by atoms with Gasteiger partial charge in [0.05, 0.1) is 22.3 Å². The number of carbonyl (C=O) groups excluding carboxylic acids is 2. The molecule has 31 heavy (non-hydrogen) atoms. The number of hydrogen-bond donors (Lipinski definition) is 1. The van der Waals surface area contributed by atoms with Crippen LogP contribution in [-0.2, 0) is 19.4 Å². The van der Waals surface area contributed by atoms with Crippen molar-refractivity contribution in [1.82, 2.24) is 0 Å². The first kappa shape index (κ1) is 21.3. The lowest BCUT2D eigenvalue weighted by atomic mass is 10.00. The molecule has 2 aromatic rings. The van der Waals surface area contributed by atoms with Crippen LogP contribution in [0.25, 0.3) is 11.1 Å². The summed E-state index contributed by atoms with van der Waals surface area (Å²) in [7, 11) is -3.29. The van der Waals surface area contributed by atoms with Gasteiger partial charge in [-0.1, -0.05) is 18.2 Å². The van der Waals surface area contributed by atoms with Gasteiger partial charge in [-0.25, -0.2) is 13.2 Å². The van der Waals surface area contributed by atoms with Crippen molar-refractivity contribution in [1.29, 1.82) is 0 Å². The normalized spacial score (nSPS) is 21.1. The molecule has 2 aromatic carbocycles. The zero-order chi connectivity index (χ0) is 22.3. The van der Waals surface area contributed by atoms with Crippen molar-refractivity contribution in [2.24, 2.45) is 5.73 Å². The first-order chi connectivity index (χ1) is 14.7. The molecular weight excluding hydrogens is 418 g/mol. The second-order valence-electron chi connectivity index (χ2n) is 8.01. The summed E-state index contributed by atoms with van der Waals surface area (Å²) < 4.78 is 29.1. The third-order valence-corrected chi connectivity index (χ3v) is 6.87. The highest BCUT2D eigenvalue weighted by Crippen LogP contribution is 2.39. The number of rotatable bonds is 3. The lowest BCUT2D eigenvalue weighted by Gasteiger charge is -2.41. The minimum Gasteiger partial charge on any atom is -0.368 e. The maximum atomic E-state index is 13.2. The molecule has 2 atom stereocenters. The molecule has 9 heteroatoms. The fraction of sp³-hybridized carbons (Fsp3) is 0.364. The maximum absolute atomic E-state index is 13.2. The van der Waals surface area contributed by atoms with Gasteiger partial charge in [0.15, 0.2) is 9.84 Å². The molecule has 4 rings (SSSR count). The standard InChI is InChI=1S/C22H25N3O5S/c1-14-13-24(21(26)20-4-3-11-30-20)19-12-16(7-10-18(19)25(14)22(23)27)15-5-8-17(9-6-15)31(2,28)29/h5-10,12,14,20H,3-4,11,13H2,1-2H3,(H2,23,27)/t14-,20?/m0/s1. The van der Waals surface area contributed by atoms with Crippen molar-refractivity contribution in [2.45, 2.75) is 36.8 Å². The Kier molecular flexibility index (Phi) is 5.49. The molecule has 1 unspecified atom stereocenters. The Balaban J connectivity index is 1.77. The summed E-state index contributed by atoms with van der Waals surface area (Å²) in [6, 6.07) is 11.1. The van der Waals surface area contributed by atoms with Crippen molar-refractivity contribution in [3.8, 4) is 11.1 Å². The second kappa shape index (κ2) is 7.97. The molecule has 8 nitrogen and oxygen atoms in total. The first-order valence-corrected chi connectivity index (χ1v) is 12.0. The van der Waals surface area contributed by atoms with Crippen molar-refractivity contribution in [3.05, 3.63) is 42.5 Å². The Morgan fingerprint density at radius 2 is 1.74 bits per heavy atom. The molecule has 1 saturated heterocycles. The third-order valence-electron chi connectivity index (χ3n) is 5.74. The van der Waals surface area contributed by atoms with Gasteiger partial charge in [-0.05, 0) is 55.2 Å². The number of nitrogens with two attached hydrogens (primary N) is 1. The highest BCUT2D eigenvalue weighted by molar-refractivity contribution is 7.90. The number of ether oxygens (including phenoxy) is 1. The number of fused-ring (bicyclic) bond motifs is 1. The van der Waals surface area contributed by atoms with E-state index in [2.05, 4.69) is 0 Å². The van der Waals surface area contributed by atoms with Gasteiger partial charge in [0.1, 0.15) is 6.10 Å². The number of primary amides is 1. The highest BCUT2D eigenvalue weighted by atomic mass is 32.2. The number of sulfone groups is 1. The lowest BCUT2D eigenvalue weighted by molar-refractivity contribution is -0.127. The lowest BCUT2D eigenvalue weighted by Crippen LogP contribution is -2.55. The Bertz CT molecular complexity index is 1120. The quantitative estimate of drug-likeness (QED) is 0.784. The minimum atomic E-state index is -3.29. The Labute approximate surface area is 181 Å². The molecule has 0 aliphatic carbocycles. The molecule has 2 heterocycles. The number of anilines is 2. The number of nitrogens with zero attached hydrogens (tertiary/aromatic N) is 2. The van der Waals surface area contributed by atoms with Crippen LogP contribution in [0.15, 0.2) is 47.4 Å². The van der Waals surface area contributed by atoms with Gasteiger partial charge in [0, 0.05) is 19.4 Å². The monoisotopic (exact) mass is 443 g/mol. The predicted octanol–water partition coefficient (Wildman–Crippen LogP) is 2.56. The van der Waals surface area contributed by atoms with Crippen molar-refractivity contribution >= 4 is 33.2 Å². The van der Waals surface area contributed by atoms with Crippen LogP contribution in [0, 0.1) is 0 Å². The van der Waals surface area contributed by atoms with Crippen LogP contribution in [-0.4, -0.2) is 51.9 Å². The van der Waals surface area contributed by atoms with Crippen LogP contribution < -0.4 is 15.5 Å². The molecule has 164 valence electrons. The van der Waals surface area contributed by atoms with E-state index < -0.39 is 22.0 Å². The minimum absolute atomic E-state index is 0.126. The van der Waals surface area contributed by atoms with Crippen molar-refractivity contribution in [3.63, 3.8) is 0 Å². The molecule has 3 amide bonds. The van der Waals surface area contributed by atoms with E-state index in [9.17, 15) is 18.0 Å². The summed E-state index contributed by atoms with van der Waals surface area (Å²) in [5, 5.41) is 0. The van der Waals surface area contributed by atoms with E-state index in [-0.39, 0.29) is 16.8 Å². The number of hydrogen-bond acceptors (Lipinski definition) is 5. The number of amides is 3. The van der Waals surface area contributed by atoms with E-state index in [0.29, 0.717) is 30.9 Å².